The minimum absolute atomic E-state index is 0.346. The van der Waals surface area contributed by atoms with Crippen molar-refractivity contribution in [1.29, 1.82) is 0 Å². The molecule has 3 N–H and O–H groups in total. The maximum absolute atomic E-state index is 10.1. The van der Waals surface area contributed by atoms with Crippen molar-refractivity contribution in [2.75, 3.05) is 0 Å². The van der Waals surface area contributed by atoms with Gasteiger partial charge in [0, 0.05) is 0 Å². The highest BCUT2D eigenvalue weighted by molar-refractivity contribution is 7.31. The summed E-state index contributed by atoms with van der Waals surface area (Å²) >= 11 is 0. The smallest absolute Gasteiger partial charge is 0.539 e. The number of rotatable bonds is 6. The molecule has 0 radical (unpaired) electrons. The average molecular weight is 287 g/mol. The standard InChI is InChI=1S/C6H13NO2.C6H5O3P/c1-2-3-4-5(7)6(8)9;7-10(8)9-6-4-2-1-3-5-6/h5H,2-4,7H2,1H3,(H,8,9);1-5H. The Morgan fingerprint density at radius 1 is 1.47 bits per heavy atom. The Balaban J connectivity index is 0.000000344. The Morgan fingerprint density at radius 3 is 2.47 bits per heavy atom. The molecule has 0 aromatic heterocycles. The first-order valence-corrected chi connectivity index (χ1v) is 6.92. The van der Waals surface area contributed by atoms with E-state index in [9.17, 15) is 14.3 Å². The van der Waals surface area contributed by atoms with Crippen LogP contribution >= 0.6 is 8.25 Å². The van der Waals surface area contributed by atoms with Crippen molar-refractivity contribution in [3.05, 3.63) is 30.3 Å². The number of nitrogens with two attached hydrogens (primary N) is 1. The van der Waals surface area contributed by atoms with Gasteiger partial charge >= 0.3 is 14.2 Å². The summed E-state index contributed by atoms with van der Waals surface area (Å²) < 4.78 is 14.4. The number of carbonyl (C=O) groups is 1. The summed E-state index contributed by atoms with van der Waals surface area (Å²) in [6, 6.07) is 7.67. The minimum Gasteiger partial charge on any atom is -0.558 e. The number of benzene rings is 1. The van der Waals surface area contributed by atoms with Crippen LogP contribution in [0.1, 0.15) is 26.2 Å². The molecule has 1 aromatic carbocycles. The zero-order chi connectivity index (χ0) is 14.7. The van der Waals surface area contributed by atoms with Crippen molar-refractivity contribution < 1.29 is 23.9 Å². The Hall–Kier alpha value is -1.49. The maximum Gasteiger partial charge on any atom is 0.539 e. The van der Waals surface area contributed by atoms with Gasteiger partial charge in [-0.3, -0.25) is 9.32 Å². The quantitative estimate of drug-likeness (QED) is 0.769. The Kier molecular flexibility index (Phi) is 9.62. The van der Waals surface area contributed by atoms with E-state index in [1.807, 2.05) is 6.92 Å². The molecule has 0 heterocycles. The van der Waals surface area contributed by atoms with Gasteiger partial charge in [-0.2, -0.15) is 0 Å². The van der Waals surface area contributed by atoms with Crippen molar-refractivity contribution in [3.8, 4) is 5.75 Å². The Bertz CT molecular complexity index is 385. The third-order valence-corrected chi connectivity index (χ3v) is 2.47. The molecule has 0 fully saturated rings. The highest BCUT2D eigenvalue weighted by Gasteiger charge is 2.08. The van der Waals surface area contributed by atoms with Gasteiger partial charge in [-0.15, -0.1) is 0 Å². The number of unbranched alkanes of at least 4 members (excludes halogenated alkanes) is 1. The molecule has 0 bridgehead atoms. The van der Waals surface area contributed by atoms with E-state index in [4.69, 9.17) is 10.8 Å². The predicted molar refractivity (Wildman–Crippen MR) is 69.8 cm³/mol. The first kappa shape index (κ1) is 17.5. The van der Waals surface area contributed by atoms with E-state index in [2.05, 4.69) is 4.52 Å². The van der Waals surface area contributed by atoms with Crippen LogP contribution in [0.15, 0.2) is 30.3 Å². The van der Waals surface area contributed by atoms with E-state index < -0.39 is 20.3 Å². The summed E-state index contributed by atoms with van der Waals surface area (Å²) in [6.45, 7) is 2.01. The highest BCUT2D eigenvalue weighted by Crippen LogP contribution is 2.18. The molecule has 1 rings (SSSR count). The monoisotopic (exact) mass is 287 g/mol. The molecule has 0 amide bonds. The molecule has 7 heteroatoms. The lowest BCUT2D eigenvalue weighted by Gasteiger charge is -2.02. The van der Waals surface area contributed by atoms with Gasteiger partial charge in [0.2, 0.25) is 0 Å². The molecule has 2 atom stereocenters. The molecule has 0 saturated carbocycles. The number of hydrogen-bond donors (Lipinski definition) is 2. The highest BCUT2D eigenvalue weighted by atomic mass is 31.1. The molecule has 2 unspecified atom stereocenters. The number of aliphatic carboxylic acids is 1. The molecule has 106 valence electrons. The number of para-hydroxylation sites is 1. The van der Waals surface area contributed by atoms with Gasteiger partial charge in [0.1, 0.15) is 6.04 Å². The molecule has 1 aromatic rings. The Labute approximate surface area is 113 Å². The second kappa shape index (κ2) is 10.4. The van der Waals surface area contributed by atoms with Crippen molar-refractivity contribution in [2.24, 2.45) is 5.73 Å². The lowest BCUT2D eigenvalue weighted by atomic mass is 10.1. The zero-order valence-electron chi connectivity index (χ0n) is 10.7. The molecule has 0 aliphatic carbocycles. The zero-order valence-corrected chi connectivity index (χ0v) is 11.6. The normalized spacial score (nSPS) is 11.8. The van der Waals surface area contributed by atoms with E-state index >= 15 is 0 Å². The fourth-order valence-corrected chi connectivity index (χ4v) is 1.41. The van der Waals surface area contributed by atoms with E-state index in [-0.39, 0.29) is 0 Å². The van der Waals surface area contributed by atoms with Crippen LogP contribution in [-0.2, 0) is 9.36 Å². The van der Waals surface area contributed by atoms with Crippen LogP contribution in [0.2, 0.25) is 0 Å². The predicted octanol–water partition coefficient (Wildman–Crippen LogP) is 1.67. The topological polar surface area (TPSA) is 113 Å². The third-order valence-electron chi connectivity index (χ3n) is 2.11. The number of carboxylic acid groups (broad SMARTS) is 1. The van der Waals surface area contributed by atoms with E-state index in [0.717, 1.165) is 12.8 Å². The minimum atomic E-state index is -2.78. The first-order chi connectivity index (χ1) is 8.97. The van der Waals surface area contributed by atoms with Crippen LogP contribution in [0.4, 0.5) is 0 Å². The van der Waals surface area contributed by atoms with Crippen LogP contribution in [-0.4, -0.2) is 17.1 Å². The fraction of sp³-hybridized carbons (Fsp3) is 0.417. The third kappa shape index (κ3) is 10.1. The molecule has 0 spiro atoms. The van der Waals surface area contributed by atoms with Gasteiger partial charge in [0.15, 0.2) is 5.75 Å². The molecular formula is C12H18NO5P. The molecule has 0 aliphatic heterocycles. The molecule has 0 aliphatic rings. The average Bonchev–Trinajstić information content (AvgIpc) is 2.37. The second-order valence-electron chi connectivity index (χ2n) is 3.71. The Morgan fingerprint density at radius 2 is 2.05 bits per heavy atom. The van der Waals surface area contributed by atoms with Crippen LogP contribution in [0.3, 0.4) is 0 Å². The second-order valence-corrected chi connectivity index (χ2v) is 4.34. The van der Waals surface area contributed by atoms with Crippen molar-refractivity contribution >= 4 is 14.2 Å². The molecule has 19 heavy (non-hydrogen) atoms. The number of hydrogen-bond acceptors (Lipinski definition) is 5. The lowest BCUT2D eigenvalue weighted by molar-refractivity contribution is -0.178. The maximum atomic E-state index is 10.1. The molecule has 0 saturated heterocycles. The van der Waals surface area contributed by atoms with Crippen LogP contribution in [0.25, 0.3) is 0 Å². The SMILES string of the molecule is CCCCC(N)C(=O)O.O=[P+]([O-])Oc1ccccc1. The summed E-state index contributed by atoms with van der Waals surface area (Å²) in [5.74, 6) is -0.554. The van der Waals surface area contributed by atoms with Crippen LogP contribution in [0, 0.1) is 0 Å². The summed E-state index contributed by atoms with van der Waals surface area (Å²) in [5, 5.41) is 8.28. The van der Waals surface area contributed by atoms with Crippen molar-refractivity contribution in [3.63, 3.8) is 0 Å². The van der Waals surface area contributed by atoms with Gasteiger partial charge in [-0.1, -0.05) is 38.0 Å². The van der Waals surface area contributed by atoms with Gasteiger partial charge in [0.05, 0.1) is 0 Å². The summed E-state index contributed by atoms with van der Waals surface area (Å²) in [6.07, 6.45) is 2.49. The number of carboxylic acids is 1. The summed E-state index contributed by atoms with van der Waals surface area (Å²) in [5.41, 5.74) is 5.20. The van der Waals surface area contributed by atoms with Crippen LogP contribution < -0.4 is 15.2 Å². The van der Waals surface area contributed by atoms with Gasteiger partial charge in [0.25, 0.3) is 0 Å². The van der Waals surface area contributed by atoms with Gasteiger partial charge in [-0.25, -0.2) is 0 Å². The van der Waals surface area contributed by atoms with Crippen LogP contribution in [0.5, 0.6) is 5.75 Å². The van der Waals surface area contributed by atoms with E-state index in [0.29, 0.717) is 12.2 Å². The van der Waals surface area contributed by atoms with Crippen molar-refractivity contribution in [2.45, 2.75) is 32.2 Å². The first-order valence-electron chi connectivity index (χ1n) is 5.83. The molecule has 6 nitrogen and oxygen atoms in total. The van der Waals surface area contributed by atoms with Crippen molar-refractivity contribution in [1.82, 2.24) is 0 Å². The lowest BCUT2D eigenvalue weighted by Crippen LogP contribution is -2.29. The molecular weight excluding hydrogens is 269 g/mol. The van der Waals surface area contributed by atoms with E-state index in [1.54, 1.807) is 30.3 Å². The summed E-state index contributed by atoms with van der Waals surface area (Å²) in [7, 11) is -2.78. The van der Waals surface area contributed by atoms with Gasteiger partial charge < -0.3 is 15.7 Å². The van der Waals surface area contributed by atoms with E-state index in [1.165, 1.54) is 0 Å². The largest absolute Gasteiger partial charge is 0.558 e. The van der Waals surface area contributed by atoms with Gasteiger partial charge in [-0.05, 0) is 23.1 Å². The summed E-state index contributed by atoms with van der Waals surface area (Å²) in [4.78, 5) is 20.1. The fourth-order valence-electron chi connectivity index (χ4n) is 1.11.